The Labute approximate surface area is 97.0 Å². The molecule has 0 unspecified atom stereocenters. The van der Waals surface area contributed by atoms with Crippen LogP contribution in [0.5, 0.6) is 5.75 Å². The molecule has 1 rings (SSSR count). The van der Waals surface area contributed by atoms with Crippen molar-refractivity contribution in [2.24, 2.45) is 0 Å². The molecule has 0 fully saturated rings. The number of aryl methyl sites for hydroxylation is 1. The van der Waals surface area contributed by atoms with Crippen molar-refractivity contribution in [2.75, 3.05) is 19.0 Å². The van der Waals surface area contributed by atoms with Crippen LogP contribution in [0.3, 0.4) is 0 Å². The average Bonchev–Trinajstić information content (AvgIpc) is 2.26. The van der Waals surface area contributed by atoms with E-state index in [1.807, 2.05) is 13.0 Å². The zero-order valence-corrected chi connectivity index (χ0v) is 10.3. The molecule has 0 radical (unpaired) electrons. The number of nitrogens with zero attached hydrogens (tertiary/aromatic N) is 1. The Morgan fingerprint density at radius 3 is 2.62 bits per heavy atom. The molecule has 0 aliphatic rings. The Balaban J connectivity index is 3.12. The van der Waals surface area contributed by atoms with Crippen LogP contribution in [0.15, 0.2) is 12.1 Å². The number of rotatable bonds is 4. The lowest BCUT2D eigenvalue weighted by Gasteiger charge is -2.16. The third-order valence-corrected chi connectivity index (χ3v) is 2.56. The molecular weight excluding hydrogens is 200 g/mol. The summed E-state index contributed by atoms with van der Waals surface area (Å²) in [4.78, 5) is 0. The Hall–Kier alpha value is -1.69. The number of hydrogen-bond acceptors (Lipinski definition) is 3. The smallest absolute Gasteiger partial charge is 0.122 e. The van der Waals surface area contributed by atoms with Crippen molar-refractivity contribution in [1.82, 2.24) is 0 Å². The fourth-order valence-electron chi connectivity index (χ4n) is 1.65. The van der Waals surface area contributed by atoms with E-state index in [0.29, 0.717) is 12.5 Å². The molecular formula is C13H18N2O. The van der Waals surface area contributed by atoms with Gasteiger partial charge < -0.3 is 10.1 Å². The lowest BCUT2D eigenvalue weighted by atomic mass is 9.99. The van der Waals surface area contributed by atoms with Crippen molar-refractivity contribution < 1.29 is 4.74 Å². The van der Waals surface area contributed by atoms with E-state index in [-0.39, 0.29) is 0 Å². The Bertz CT molecular complexity index is 405. The van der Waals surface area contributed by atoms with Gasteiger partial charge in [-0.15, -0.1) is 0 Å². The fraction of sp³-hybridized carbons (Fsp3) is 0.462. The predicted molar refractivity (Wildman–Crippen MR) is 65.9 cm³/mol. The first kappa shape index (κ1) is 12.4. The second-order valence-electron chi connectivity index (χ2n) is 4.08. The summed E-state index contributed by atoms with van der Waals surface area (Å²) in [5.41, 5.74) is 3.26. The van der Waals surface area contributed by atoms with Crippen LogP contribution in [0.4, 0.5) is 5.69 Å². The van der Waals surface area contributed by atoms with E-state index in [0.717, 1.165) is 22.6 Å². The van der Waals surface area contributed by atoms with Crippen molar-refractivity contribution in [3.05, 3.63) is 23.3 Å². The molecule has 1 aromatic rings. The highest BCUT2D eigenvalue weighted by atomic mass is 16.5. The molecule has 0 bridgehead atoms. The number of nitriles is 1. The van der Waals surface area contributed by atoms with Crippen molar-refractivity contribution in [3.8, 4) is 11.8 Å². The Kier molecular flexibility index (Phi) is 4.19. The van der Waals surface area contributed by atoms with Gasteiger partial charge in [0.15, 0.2) is 0 Å². The van der Waals surface area contributed by atoms with Crippen LogP contribution in [-0.2, 0) is 0 Å². The molecule has 0 atom stereocenters. The predicted octanol–water partition coefficient (Wildman–Crippen LogP) is 3.06. The van der Waals surface area contributed by atoms with E-state index in [9.17, 15) is 0 Å². The minimum Gasteiger partial charge on any atom is -0.496 e. The highest BCUT2D eigenvalue weighted by molar-refractivity contribution is 5.58. The molecule has 0 aliphatic carbocycles. The average molecular weight is 218 g/mol. The number of methoxy groups -OCH3 is 1. The van der Waals surface area contributed by atoms with E-state index in [1.54, 1.807) is 7.11 Å². The SMILES string of the molecule is COc1cc(C)c(NCC#N)cc1C(C)C. The minimum atomic E-state index is 0.324. The summed E-state index contributed by atoms with van der Waals surface area (Å²) >= 11 is 0. The van der Waals surface area contributed by atoms with Gasteiger partial charge in [0, 0.05) is 5.69 Å². The molecule has 0 amide bonds. The highest BCUT2D eigenvalue weighted by Crippen LogP contribution is 2.31. The number of nitrogens with one attached hydrogen (secondary N) is 1. The number of ether oxygens (including phenoxy) is 1. The van der Waals surface area contributed by atoms with Crippen molar-refractivity contribution in [3.63, 3.8) is 0 Å². The summed E-state index contributed by atoms with van der Waals surface area (Å²) in [6.45, 7) is 6.58. The first-order valence-corrected chi connectivity index (χ1v) is 5.39. The highest BCUT2D eigenvalue weighted by Gasteiger charge is 2.10. The van der Waals surface area contributed by atoms with Crippen LogP contribution in [0.1, 0.15) is 30.9 Å². The normalized spacial score (nSPS) is 10.0. The van der Waals surface area contributed by atoms with Crippen molar-refractivity contribution in [1.29, 1.82) is 5.26 Å². The number of benzene rings is 1. The molecule has 3 nitrogen and oxygen atoms in total. The number of hydrogen-bond donors (Lipinski definition) is 1. The molecule has 0 spiro atoms. The summed E-state index contributed by atoms with van der Waals surface area (Å²) in [6.07, 6.45) is 0. The lowest BCUT2D eigenvalue weighted by Crippen LogP contribution is -2.03. The Morgan fingerprint density at radius 2 is 2.12 bits per heavy atom. The lowest BCUT2D eigenvalue weighted by molar-refractivity contribution is 0.407. The van der Waals surface area contributed by atoms with Crippen LogP contribution in [0.2, 0.25) is 0 Å². The van der Waals surface area contributed by atoms with Gasteiger partial charge in [0.25, 0.3) is 0 Å². The molecule has 1 N–H and O–H groups in total. The maximum atomic E-state index is 8.56. The molecule has 86 valence electrons. The van der Waals surface area contributed by atoms with Gasteiger partial charge in [0.2, 0.25) is 0 Å². The third kappa shape index (κ3) is 2.66. The standard InChI is InChI=1S/C13H18N2O/c1-9(2)11-8-12(15-6-5-14)10(3)7-13(11)16-4/h7-9,15H,6H2,1-4H3. The molecule has 3 heteroatoms. The van der Waals surface area contributed by atoms with Gasteiger partial charge in [-0.05, 0) is 36.1 Å². The zero-order chi connectivity index (χ0) is 12.1. The second-order valence-corrected chi connectivity index (χ2v) is 4.08. The summed E-state index contributed by atoms with van der Waals surface area (Å²) in [6, 6.07) is 6.15. The minimum absolute atomic E-state index is 0.324. The van der Waals surface area contributed by atoms with Crippen LogP contribution in [0, 0.1) is 18.3 Å². The van der Waals surface area contributed by atoms with E-state index >= 15 is 0 Å². The van der Waals surface area contributed by atoms with Crippen LogP contribution in [-0.4, -0.2) is 13.7 Å². The van der Waals surface area contributed by atoms with E-state index in [1.165, 1.54) is 0 Å². The van der Waals surface area contributed by atoms with Crippen molar-refractivity contribution in [2.45, 2.75) is 26.7 Å². The van der Waals surface area contributed by atoms with Gasteiger partial charge in [-0.1, -0.05) is 13.8 Å². The monoisotopic (exact) mass is 218 g/mol. The van der Waals surface area contributed by atoms with E-state index < -0.39 is 0 Å². The number of anilines is 1. The van der Waals surface area contributed by atoms with Gasteiger partial charge in [-0.3, -0.25) is 0 Å². The first-order valence-electron chi connectivity index (χ1n) is 5.39. The van der Waals surface area contributed by atoms with Crippen LogP contribution >= 0.6 is 0 Å². The molecule has 0 aromatic heterocycles. The topological polar surface area (TPSA) is 45.0 Å². The van der Waals surface area contributed by atoms with Gasteiger partial charge in [-0.25, -0.2) is 0 Å². The third-order valence-electron chi connectivity index (χ3n) is 2.56. The molecule has 1 aromatic carbocycles. The summed E-state index contributed by atoms with van der Waals surface area (Å²) in [5.74, 6) is 1.31. The Morgan fingerprint density at radius 1 is 1.44 bits per heavy atom. The molecule has 16 heavy (non-hydrogen) atoms. The fourth-order valence-corrected chi connectivity index (χ4v) is 1.65. The largest absolute Gasteiger partial charge is 0.496 e. The maximum Gasteiger partial charge on any atom is 0.122 e. The van der Waals surface area contributed by atoms with Gasteiger partial charge in [0.1, 0.15) is 12.3 Å². The van der Waals surface area contributed by atoms with E-state index in [4.69, 9.17) is 10.00 Å². The van der Waals surface area contributed by atoms with Crippen molar-refractivity contribution >= 4 is 5.69 Å². The summed E-state index contributed by atoms with van der Waals surface area (Å²) in [7, 11) is 1.68. The van der Waals surface area contributed by atoms with E-state index in [2.05, 4.69) is 31.3 Å². The van der Waals surface area contributed by atoms with Gasteiger partial charge in [0.05, 0.1) is 13.2 Å². The van der Waals surface area contributed by atoms with Crippen LogP contribution in [0.25, 0.3) is 0 Å². The molecule has 0 heterocycles. The molecule has 0 aliphatic heterocycles. The maximum absolute atomic E-state index is 8.56. The molecule has 0 saturated carbocycles. The van der Waals surface area contributed by atoms with Gasteiger partial charge in [-0.2, -0.15) is 5.26 Å². The summed E-state index contributed by atoms with van der Waals surface area (Å²) in [5, 5.41) is 11.7. The second kappa shape index (κ2) is 5.41. The first-order chi connectivity index (χ1) is 7.60. The molecule has 0 saturated heterocycles. The quantitative estimate of drug-likeness (QED) is 0.790. The zero-order valence-electron chi connectivity index (χ0n) is 10.3. The summed E-state index contributed by atoms with van der Waals surface area (Å²) < 4.78 is 5.35. The van der Waals surface area contributed by atoms with Gasteiger partial charge >= 0.3 is 0 Å². The van der Waals surface area contributed by atoms with Crippen LogP contribution < -0.4 is 10.1 Å².